The molecule has 2 aromatic rings. The van der Waals surface area contributed by atoms with Gasteiger partial charge < -0.3 is 4.74 Å². The van der Waals surface area contributed by atoms with Gasteiger partial charge in [-0.2, -0.15) is 4.98 Å². The number of nitro benzene ring substituents is 1. The van der Waals surface area contributed by atoms with Gasteiger partial charge in [-0.1, -0.05) is 30.1 Å². The van der Waals surface area contributed by atoms with Crippen LogP contribution in [0.25, 0.3) is 0 Å². The molecule has 110 valence electrons. The van der Waals surface area contributed by atoms with E-state index >= 15 is 0 Å². The predicted octanol–water partition coefficient (Wildman–Crippen LogP) is 4.44. The summed E-state index contributed by atoms with van der Waals surface area (Å²) >= 11 is 11.9. The number of benzene rings is 1. The summed E-state index contributed by atoms with van der Waals surface area (Å²) in [5.41, 5.74) is -0.122. The lowest BCUT2D eigenvalue weighted by molar-refractivity contribution is -0.384. The molecule has 0 saturated carbocycles. The predicted molar refractivity (Wildman–Crippen MR) is 79.2 cm³/mol. The lowest BCUT2D eigenvalue weighted by Crippen LogP contribution is -1.98. The Labute approximate surface area is 130 Å². The van der Waals surface area contributed by atoms with Gasteiger partial charge in [-0.25, -0.2) is 4.98 Å². The van der Waals surface area contributed by atoms with Crippen molar-refractivity contribution in [2.24, 2.45) is 0 Å². The molecule has 0 unspecified atom stereocenters. The summed E-state index contributed by atoms with van der Waals surface area (Å²) < 4.78 is 5.50. The molecular formula is C13H11Cl2N3O3. The van der Waals surface area contributed by atoms with Crippen molar-refractivity contribution in [1.29, 1.82) is 0 Å². The van der Waals surface area contributed by atoms with Crippen LogP contribution >= 0.6 is 23.2 Å². The van der Waals surface area contributed by atoms with Crippen molar-refractivity contribution in [3.63, 3.8) is 0 Å². The molecule has 0 atom stereocenters. The van der Waals surface area contributed by atoms with Gasteiger partial charge in [-0.3, -0.25) is 10.1 Å². The van der Waals surface area contributed by atoms with Gasteiger partial charge in [0.25, 0.3) is 5.69 Å². The van der Waals surface area contributed by atoms with Crippen LogP contribution in [0.5, 0.6) is 11.6 Å². The smallest absolute Gasteiger partial charge is 0.273 e. The molecular weight excluding hydrogens is 317 g/mol. The Balaban J connectivity index is 2.33. The highest BCUT2D eigenvalue weighted by atomic mass is 35.5. The second-order valence-electron chi connectivity index (χ2n) is 4.17. The Morgan fingerprint density at radius 1 is 1.29 bits per heavy atom. The van der Waals surface area contributed by atoms with Gasteiger partial charge in [-0.05, 0) is 12.5 Å². The largest absolute Gasteiger partial charge is 0.437 e. The van der Waals surface area contributed by atoms with Crippen molar-refractivity contribution in [1.82, 2.24) is 9.97 Å². The van der Waals surface area contributed by atoms with E-state index in [0.717, 1.165) is 6.42 Å². The molecule has 0 amide bonds. The quantitative estimate of drug-likeness (QED) is 0.461. The molecule has 8 heteroatoms. The van der Waals surface area contributed by atoms with Gasteiger partial charge in [0.15, 0.2) is 5.75 Å². The standard InChI is InChI=1S/C13H11Cl2N3O3/c1-2-3-12-16-11(15)7-13(17-12)21-10-6-8(18(19)20)4-5-9(10)14/h4-7H,2-3H2,1H3. The molecule has 1 aromatic carbocycles. The van der Waals surface area contributed by atoms with Crippen LogP contribution in [0.3, 0.4) is 0 Å². The zero-order chi connectivity index (χ0) is 15.4. The zero-order valence-electron chi connectivity index (χ0n) is 11.0. The van der Waals surface area contributed by atoms with Crippen molar-refractivity contribution in [3.8, 4) is 11.6 Å². The average Bonchev–Trinajstić information content (AvgIpc) is 2.40. The third kappa shape index (κ3) is 4.03. The highest BCUT2D eigenvalue weighted by molar-refractivity contribution is 6.32. The van der Waals surface area contributed by atoms with Crippen LogP contribution in [0, 0.1) is 10.1 Å². The number of nitrogens with zero attached hydrogens (tertiary/aromatic N) is 3. The Hall–Kier alpha value is -1.92. The van der Waals surface area contributed by atoms with Crippen molar-refractivity contribution in [3.05, 3.63) is 50.4 Å². The first-order chi connectivity index (χ1) is 9.99. The van der Waals surface area contributed by atoms with E-state index < -0.39 is 4.92 Å². The van der Waals surface area contributed by atoms with E-state index in [1.807, 2.05) is 6.92 Å². The minimum absolute atomic E-state index is 0.122. The molecule has 0 aliphatic heterocycles. The van der Waals surface area contributed by atoms with E-state index in [2.05, 4.69) is 9.97 Å². The van der Waals surface area contributed by atoms with Crippen molar-refractivity contribution in [2.45, 2.75) is 19.8 Å². The summed E-state index contributed by atoms with van der Waals surface area (Å²) in [7, 11) is 0. The second-order valence-corrected chi connectivity index (χ2v) is 4.96. The number of aryl methyl sites for hydroxylation is 1. The molecule has 0 aliphatic carbocycles. The maximum absolute atomic E-state index is 10.8. The summed E-state index contributed by atoms with van der Waals surface area (Å²) in [5.74, 6) is 0.880. The number of non-ortho nitro benzene ring substituents is 1. The summed E-state index contributed by atoms with van der Waals surface area (Å²) in [6.07, 6.45) is 1.51. The zero-order valence-corrected chi connectivity index (χ0v) is 12.6. The number of hydrogen-bond acceptors (Lipinski definition) is 5. The summed E-state index contributed by atoms with van der Waals surface area (Å²) in [4.78, 5) is 18.5. The number of nitro groups is 1. The van der Waals surface area contributed by atoms with Crippen LogP contribution < -0.4 is 4.74 Å². The van der Waals surface area contributed by atoms with E-state index in [1.54, 1.807) is 0 Å². The van der Waals surface area contributed by atoms with Crippen LogP contribution in [0.4, 0.5) is 5.69 Å². The second kappa shape index (κ2) is 6.69. The van der Waals surface area contributed by atoms with Gasteiger partial charge in [0.05, 0.1) is 16.0 Å². The Bertz CT molecular complexity index is 680. The topological polar surface area (TPSA) is 78.2 Å². The molecule has 0 bridgehead atoms. The van der Waals surface area contributed by atoms with E-state index in [1.165, 1.54) is 24.3 Å². The molecule has 6 nitrogen and oxygen atoms in total. The maximum atomic E-state index is 10.8. The highest BCUT2D eigenvalue weighted by Crippen LogP contribution is 2.32. The molecule has 1 aromatic heterocycles. The first kappa shape index (κ1) is 15.5. The van der Waals surface area contributed by atoms with Crippen LogP contribution in [0.2, 0.25) is 10.2 Å². The monoisotopic (exact) mass is 327 g/mol. The maximum Gasteiger partial charge on any atom is 0.273 e. The minimum Gasteiger partial charge on any atom is -0.437 e. The fraction of sp³-hybridized carbons (Fsp3) is 0.231. The van der Waals surface area contributed by atoms with E-state index in [4.69, 9.17) is 27.9 Å². The molecule has 0 N–H and O–H groups in total. The van der Waals surface area contributed by atoms with Crippen molar-refractivity contribution in [2.75, 3.05) is 0 Å². The van der Waals surface area contributed by atoms with E-state index in [9.17, 15) is 10.1 Å². The first-order valence-electron chi connectivity index (χ1n) is 6.15. The van der Waals surface area contributed by atoms with Gasteiger partial charge in [0.1, 0.15) is 11.0 Å². The van der Waals surface area contributed by atoms with Crippen LogP contribution in [0.15, 0.2) is 24.3 Å². The Kier molecular flexibility index (Phi) is 4.93. The number of halogens is 2. The third-order valence-electron chi connectivity index (χ3n) is 2.53. The molecule has 0 spiro atoms. The van der Waals surface area contributed by atoms with Crippen molar-refractivity contribution >= 4 is 28.9 Å². The average molecular weight is 328 g/mol. The van der Waals surface area contributed by atoms with Gasteiger partial charge in [0, 0.05) is 18.6 Å². The van der Waals surface area contributed by atoms with Crippen molar-refractivity contribution < 1.29 is 9.66 Å². The lowest BCUT2D eigenvalue weighted by Gasteiger charge is -2.08. The molecule has 0 saturated heterocycles. The fourth-order valence-corrected chi connectivity index (χ4v) is 1.97. The summed E-state index contributed by atoms with van der Waals surface area (Å²) in [6, 6.07) is 5.35. The molecule has 0 fully saturated rings. The Morgan fingerprint density at radius 2 is 2.05 bits per heavy atom. The van der Waals surface area contributed by atoms with Gasteiger partial charge in [0.2, 0.25) is 5.88 Å². The number of ether oxygens (including phenoxy) is 1. The summed E-state index contributed by atoms with van der Waals surface area (Å²) in [5, 5.41) is 11.3. The number of rotatable bonds is 5. The fourth-order valence-electron chi connectivity index (χ4n) is 1.63. The third-order valence-corrected chi connectivity index (χ3v) is 3.04. The van der Waals surface area contributed by atoms with E-state index in [0.29, 0.717) is 12.2 Å². The molecule has 2 rings (SSSR count). The first-order valence-corrected chi connectivity index (χ1v) is 6.90. The Morgan fingerprint density at radius 3 is 2.71 bits per heavy atom. The highest BCUT2D eigenvalue weighted by Gasteiger charge is 2.13. The van der Waals surface area contributed by atoms with Gasteiger partial charge >= 0.3 is 0 Å². The normalized spacial score (nSPS) is 10.4. The molecule has 21 heavy (non-hydrogen) atoms. The lowest BCUT2D eigenvalue weighted by atomic mass is 10.3. The SMILES string of the molecule is CCCc1nc(Cl)cc(Oc2cc([N+](=O)[O-])ccc2Cl)n1. The van der Waals surface area contributed by atoms with Crippen LogP contribution in [0.1, 0.15) is 19.2 Å². The van der Waals surface area contributed by atoms with Gasteiger partial charge in [-0.15, -0.1) is 0 Å². The molecule has 1 heterocycles. The summed E-state index contributed by atoms with van der Waals surface area (Å²) in [6.45, 7) is 1.99. The van der Waals surface area contributed by atoms with E-state index in [-0.39, 0.29) is 27.5 Å². The van der Waals surface area contributed by atoms with Crippen LogP contribution in [-0.2, 0) is 6.42 Å². The number of hydrogen-bond donors (Lipinski definition) is 0. The minimum atomic E-state index is -0.529. The molecule has 0 aliphatic rings. The molecule has 0 radical (unpaired) electrons. The number of aromatic nitrogens is 2. The van der Waals surface area contributed by atoms with Crippen LogP contribution in [-0.4, -0.2) is 14.9 Å².